The summed E-state index contributed by atoms with van der Waals surface area (Å²) in [5.74, 6) is -0.198. The van der Waals surface area contributed by atoms with Crippen molar-refractivity contribution in [1.29, 1.82) is 0 Å². The number of aryl methyl sites for hydroxylation is 1. The van der Waals surface area contributed by atoms with Crippen LogP contribution in [0.15, 0.2) is 42.7 Å². The van der Waals surface area contributed by atoms with E-state index in [9.17, 15) is 14.0 Å². The van der Waals surface area contributed by atoms with E-state index in [1.807, 2.05) is 0 Å². The molecular weight excluding hydrogens is 309 g/mol. The van der Waals surface area contributed by atoms with Gasteiger partial charge in [0, 0.05) is 45.0 Å². The predicted molar refractivity (Wildman–Crippen MR) is 88.0 cm³/mol. The van der Waals surface area contributed by atoms with E-state index in [0.717, 1.165) is 5.56 Å². The van der Waals surface area contributed by atoms with E-state index in [0.29, 0.717) is 44.6 Å². The normalized spacial score (nSPS) is 14.7. The van der Waals surface area contributed by atoms with Gasteiger partial charge in [-0.05, 0) is 30.2 Å². The zero-order valence-electron chi connectivity index (χ0n) is 13.4. The summed E-state index contributed by atoms with van der Waals surface area (Å²) in [6.07, 6.45) is 4.41. The van der Waals surface area contributed by atoms with Crippen molar-refractivity contribution in [3.63, 3.8) is 0 Å². The Morgan fingerprint density at radius 1 is 1.00 bits per heavy atom. The zero-order valence-corrected chi connectivity index (χ0v) is 13.4. The highest BCUT2D eigenvalue weighted by Gasteiger charge is 2.24. The van der Waals surface area contributed by atoms with Crippen LogP contribution in [0.4, 0.5) is 4.39 Å². The first kappa shape index (κ1) is 16.2. The van der Waals surface area contributed by atoms with E-state index >= 15 is 0 Å². The van der Waals surface area contributed by atoms with Crippen LogP contribution in [0.1, 0.15) is 22.3 Å². The van der Waals surface area contributed by atoms with Crippen LogP contribution in [-0.2, 0) is 11.2 Å². The molecule has 24 heavy (non-hydrogen) atoms. The number of rotatable bonds is 4. The molecule has 1 aromatic heterocycles. The van der Waals surface area contributed by atoms with Gasteiger partial charge in [0.1, 0.15) is 5.82 Å². The molecule has 126 valence electrons. The quantitative estimate of drug-likeness (QED) is 0.934. The predicted octanol–water partition coefficient (Wildman–Crippen LogP) is 2.07. The van der Waals surface area contributed by atoms with Crippen LogP contribution < -0.4 is 0 Å². The fraction of sp³-hybridized carbons (Fsp3) is 0.333. The van der Waals surface area contributed by atoms with Crippen LogP contribution in [0.3, 0.4) is 0 Å². The lowest BCUT2D eigenvalue weighted by atomic mass is 10.1. The molecule has 2 amide bonds. The minimum absolute atomic E-state index is 0.00494. The number of hydrogen-bond donors (Lipinski definition) is 1. The number of H-pyrrole nitrogens is 1. The summed E-state index contributed by atoms with van der Waals surface area (Å²) in [5, 5.41) is 0. The van der Waals surface area contributed by atoms with Crippen LogP contribution >= 0.6 is 0 Å². The summed E-state index contributed by atoms with van der Waals surface area (Å²) in [4.78, 5) is 31.0. The Morgan fingerprint density at radius 2 is 1.67 bits per heavy atom. The number of hydrogen-bond acceptors (Lipinski definition) is 2. The van der Waals surface area contributed by atoms with Gasteiger partial charge in [-0.2, -0.15) is 0 Å². The number of aromatic amines is 1. The van der Waals surface area contributed by atoms with Crippen molar-refractivity contribution < 1.29 is 14.0 Å². The molecule has 1 aliphatic heterocycles. The first-order chi connectivity index (χ1) is 11.6. The molecule has 0 unspecified atom stereocenters. The Labute approximate surface area is 140 Å². The summed E-state index contributed by atoms with van der Waals surface area (Å²) in [6, 6.07) is 7.98. The molecule has 0 saturated carbocycles. The highest BCUT2D eigenvalue weighted by molar-refractivity contribution is 5.94. The number of carbonyl (C=O) groups excluding carboxylic acids is 2. The molecule has 6 heteroatoms. The monoisotopic (exact) mass is 329 g/mol. The van der Waals surface area contributed by atoms with Gasteiger partial charge in [-0.15, -0.1) is 0 Å². The van der Waals surface area contributed by atoms with Crippen molar-refractivity contribution in [2.45, 2.75) is 12.8 Å². The van der Waals surface area contributed by atoms with Crippen LogP contribution in [-0.4, -0.2) is 52.8 Å². The maximum atomic E-state index is 12.9. The second kappa shape index (κ2) is 7.29. The highest BCUT2D eigenvalue weighted by Crippen LogP contribution is 2.11. The molecule has 5 nitrogen and oxygen atoms in total. The molecule has 0 spiro atoms. The number of benzene rings is 1. The van der Waals surface area contributed by atoms with Crippen molar-refractivity contribution in [2.75, 3.05) is 26.2 Å². The van der Waals surface area contributed by atoms with Gasteiger partial charge in [0.15, 0.2) is 0 Å². The molecule has 2 heterocycles. The molecule has 0 bridgehead atoms. The van der Waals surface area contributed by atoms with Crippen molar-refractivity contribution in [1.82, 2.24) is 14.8 Å². The molecule has 0 aliphatic carbocycles. The van der Waals surface area contributed by atoms with Crippen molar-refractivity contribution in [3.8, 4) is 0 Å². The average Bonchev–Trinajstić information content (AvgIpc) is 3.15. The standard InChI is InChI=1S/C18H20FN3O2/c19-16-4-1-14(2-5-16)3-6-17(23)21-9-11-22(12-10-21)18(24)15-7-8-20-13-15/h1-2,4-5,7-8,13,20H,3,6,9-12H2. The lowest BCUT2D eigenvalue weighted by molar-refractivity contribution is -0.132. The van der Waals surface area contributed by atoms with E-state index < -0.39 is 0 Å². The third-order valence-corrected chi connectivity index (χ3v) is 4.31. The molecule has 0 atom stereocenters. The molecule has 1 saturated heterocycles. The Balaban J connectivity index is 1.46. The number of nitrogens with zero attached hydrogens (tertiary/aromatic N) is 2. The van der Waals surface area contributed by atoms with Gasteiger partial charge in [0.2, 0.25) is 5.91 Å². The van der Waals surface area contributed by atoms with Crippen LogP contribution in [0.25, 0.3) is 0 Å². The van der Waals surface area contributed by atoms with Gasteiger partial charge in [-0.3, -0.25) is 9.59 Å². The van der Waals surface area contributed by atoms with Crippen molar-refractivity contribution in [3.05, 3.63) is 59.7 Å². The van der Waals surface area contributed by atoms with Crippen LogP contribution in [0.5, 0.6) is 0 Å². The molecule has 1 fully saturated rings. The fourth-order valence-corrected chi connectivity index (χ4v) is 2.86. The minimum atomic E-state index is -0.270. The van der Waals surface area contributed by atoms with E-state index in [-0.39, 0.29) is 17.6 Å². The zero-order chi connectivity index (χ0) is 16.9. The molecule has 0 radical (unpaired) electrons. The van der Waals surface area contributed by atoms with E-state index in [1.54, 1.807) is 40.4 Å². The van der Waals surface area contributed by atoms with E-state index in [1.165, 1.54) is 12.1 Å². The Kier molecular flexibility index (Phi) is 4.93. The Hall–Kier alpha value is -2.63. The largest absolute Gasteiger partial charge is 0.367 e. The maximum absolute atomic E-state index is 12.9. The van der Waals surface area contributed by atoms with Crippen LogP contribution in [0, 0.1) is 5.82 Å². The molecule has 1 aliphatic rings. The second-order valence-corrected chi connectivity index (χ2v) is 5.90. The molecule has 3 rings (SSSR count). The SMILES string of the molecule is O=C(CCc1ccc(F)cc1)N1CCN(C(=O)c2cc[nH]c2)CC1. The number of carbonyl (C=O) groups is 2. The first-order valence-electron chi connectivity index (χ1n) is 8.08. The van der Waals surface area contributed by atoms with Crippen molar-refractivity contribution in [2.24, 2.45) is 0 Å². The number of amides is 2. The van der Waals surface area contributed by atoms with Gasteiger partial charge in [-0.1, -0.05) is 12.1 Å². The first-order valence-corrected chi connectivity index (χ1v) is 8.08. The number of halogens is 1. The van der Waals surface area contributed by atoms with E-state index in [4.69, 9.17) is 0 Å². The summed E-state index contributed by atoms with van der Waals surface area (Å²) in [6.45, 7) is 2.20. The third kappa shape index (κ3) is 3.82. The smallest absolute Gasteiger partial charge is 0.255 e. The Morgan fingerprint density at radius 3 is 2.29 bits per heavy atom. The fourth-order valence-electron chi connectivity index (χ4n) is 2.86. The third-order valence-electron chi connectivity index (χ3n) is 4.31. The average molecular weight is 329 g/mol. The van der Waals surface area contributed by atoms with Gasteiger partial charge >= 0.3 is 0 Å². The van der Waals surface area contributed by atoms with Gasteiger partial charge in [-0.25, -0.2) is 4.39 Å². The summed E-state index contributed by atoms with van der Waals surface area (Å²) >= 11 is 0. The number of aromatic nitrogens is 1. The Bertz CT molecular complexity index is 690. The lowest BCUT2D eigenvalue weighted by Crippen LogP contribution is -2.50. The summed E-state index contributed by atoms with van der Waals surface area (Å²) in [7, 11) is 0. The van der Waals surface area contributed by atoms with Gasteiger partial charge in [0.05, 0.1) is 5.56 Å². The van der Waals surface area contributed by atoms with Gasteiger partial charge in [0.25, 0.3) is 5.91 Å². The van der Waals surface area contributed by atoms with E-state index in [2.05, 4.69) is 4.98 Å². The lowest BCUT2D eigenvalue weighted by Gasteiger charge is -2.34. The number of piperazine rings is 1. The second-order valence-electron chi connectivity index (χ2n) is 5.90. The highest BCUT2D eigenvalue weighted by atomic mass is 19.1. The maximum Gasteiger partial charge on any atom is 0.255 e. The minimum Gasteiger partial charge on any atom is -0.367 e. The molecular formula is C18H20FN3O2. The topological polar surface area (TPSA) is 56.4 Å². The van der Waals surface area contributed by atoms with Crippen LogP contribution in [0.2, 0.25) is 0 Å². The molecule has 1 N–H and O–H groups in total. The number of nitrogens with one attached hydrogen (secondary N) is 1. The summed E-state index contributed by atoms with van der Waals surface area (Å²) in [5.41, 5.74) is 1.59. The van der Waals surface area contributed by atoms with Crippen molar-refractivity contribution >= 4 is 11.8 Å². The molecule has 1 aromatic carbocycles. The van der Waals surface area contributed by atoms with Gasteiger partial charge < -0.3 is 14.8 Å². The summed E-state index contributed by atoms with van der Waals surface area (Å²) < 4.78 is 12.9. The molecule has 2 aromatic rings.